The second-order valence-corrected chi connectivity index (χ2v) is 4.47. The number of rotatable bonds is 1. The van der Waals surface area contributed by atoms with Crippen LogP contribution in [-0.2, 0) is 12.5 Å². The van der Waals surface area contributed by atoms with E-state index < -0.39 is 0 Å². The van der Waals surface area contributed by atoms with E-state index in [1.54, 1.807) is 0 Å². The fourth-order valence-electron chi connectivity index (χ4n) is 1.75. The van der Waals surface area contributed by atoms with Crippen LogP contribution in [0.2, 0.25) is 0 Å². The second kappa shape index (κ2) is 3.17. The maximum atomic E-state index is 5.53. The third kappa shape index (κ3) is 1.53. The van der Waals surface area contributed by atoms with Gasteiger partial charge in [-0.15, -0.1) is 6.42 Å². The van der Waals surface area contributed by atoms with Crippen LogP contribution >= 0.6 is 0 Å². The Labute approximate surface area is 90.7 Å². The molecule has 0 unspecified atom stereocenters. The molecule has 0 aliphatic carbocycles. The number of hydrogen-bond acceptors (Lipinski definition) is 0. The van der Waals surface area contributed by atoms with E-state index in [1.165, 1.54) is 16.5 Å². The third-order valence-electron chi connectivity index (χ3n) is 2.97. The maximum absolute atomic E-state index is 5.53. The van der Waals surface area contributed by atoms with Gasteiger partial charge in [0.05, 0.1) is 5.41 Å². The molecule has 0 radical (unpaired) electrons. The normalized spacial score (nSPS) is 11.6. The summed E-state index contributed by atoms with van der Waals surface area (Å²) in [5.41, 5.74) is 2.25. The minimum Gasteiger partial charge on any atom is -0.351 e. The summed E-state index contributed by atoms with van der Waals surface area (Å²) in [6.45, 7) is 4.13. The molecule has 2 aromatic rings. The van der Waals surface area contributed by atoms with E-state index in [9.17, 15) is 0 Å². The van der Waals surface area contributed by atoms with Crippen LogP contribution in [-0.4, -0.2) is 4.57 Å². The Kier molecular flexibility index (Phi) is 2.08. The van der Waals surface area contributed by atoms with Crippen molar-refractivity contribution in [3.63, 3.8) is 0 Å². The first kappa shape index (κ1) is 9.86. The number of terminal acetylenes is 1. The zero-order valence-corrected chi connectivity index (χ0v) is 9.41. The summed E-state index contributed by atoms with van der Waals surface area (Å²) in [6.07, 6.45) is 7.60. The van der Waals surface area contributed by atoms with Crippen molar-refractivity contribution >= 4 is 10.9 Å². The molecule has 1 heterocycles. The van der Waals surface area contributed by atoms with Crippen LogP contribution in [0.5, 0.6) is 0 Å². The van der Waals surface area contributed by atoms with Crippen molar-refractivity contribution < 1.29 is 0 Å². The largest absolute Gasteiger partial charge is 0.351 e. The fourth-order valence-corrected chi connectivity index (χ4v) is 1.75. The molecule has 0 aliphatic heterocycles. The first-order valence-corrected chi connectivity index (χ1v) is 5.08. The van der Waals surface area contributed by atoms with Gasteiger partial charge < -0.3 is 4.57 Å². The lowest BCUT2D eigenvalue weighted by atomic mass is 9.85. The number of aromatic nitrogens is 1. The summed E-state index contributed by atoms with van der Waals surface area (Å²) in [6, 6.07) is 8.53. The van der Waals surface area contributed by atoms with E-state index in [4.69, 9.17) is 6.42 Å². The van der Waals surface area contributed by atoms with Crippen LogP contribution in [0.3, 0.4) is 0 Å². The Hall–Kier alpha value is -1.68. The summed E-state index contributed by atoms with van der Waals surface area (Å²) in [5.74, 6) is 2.82. The molecule has 1 aromatic carbocycles. The first-order valence-electron chi connectivity index (χ1n) is 5.08. The highest BCUT2D eigenvalue weighted by atomic mass is 14.9. The molecular formula is C14H15N. The Morgan fingerprint density at radius 2 is 2.00 bits per heavy atom. The molecule has 0 amide bonds. The molecule has 15 heavy (non-hydrogen) atoms. The van der Waals surface area contributed by atoms with E-state index >= 15 is 0 Å². The van der Waals surface area contributed by atoms with Gasteiger partial charge in [0.15, 0.2) is 0 Å². The molecule has 2 rings (SSSR count). The topological polar surface area (TPSA) is 4.93 Å². The molecule has 0 bridgehead atoms. The molecule has 1 nitrogen and oxygen atoms in total. The van der Waals surface area contributed by atoms with Crippen LogP contribution in [0.15, 0.2) is 30.5 Å². The smallest absolute Gasteiger partial charge is 0.0504 e. The summed E-state index contributed by atoms with van der Waals surface area (Å²) in [5, 5.41) is 1.25. The van der Waals surface area contributed by atoms with Crippen molar-refractivity contribution in [2.75, 3.05) is 0 Å². The molecule has 0 atom stereocenters. The fraction of sp³-hybridized carbons (Fsp3) is 0.286. The number of benzene rings is 1. The van der Waals surface area contributed by atoms with Crippen LogP contribution in [0.4, 0.5) is 0 Å². The molecule has 0 N–H and O–H groups in total. The molecule has 0 spiro atoms. The average Bonchev–Trinajstić information content (AvgIpc) is 2.60. The molecular weight excluding hydrogens is 182 g/mol. The van der Waals surface area contributed by atoms with Crippen molar-refractivity contribution in [1.29, 1.82) is 0 Å². The standard InChI is InChI=1S/C14H15N/c1-5-14(2,3)12-6-7-13-11(10-12)8-9-15(13)4/h1,6-10H,2-4H3. The molecule has 0 saturated carbocycles. The predicted octanol–water partition coefficient (Wildman–Crippen LogP) is 3.09. The average molecular weight is 197 g/mol. The zero-order chi connectivity index (χ0) is 11.1. The van der Waals surface area contributed by atoms with Gasteiger partial charge in [0.1, 0.15) is 0 Å². The Balaban J connectivity index is 2.63. The van der Waals surface area contributed by atoms with Gasteiger partial charge in [-0.2, -0.15) is 0 Å². The van der Waals surface area contributed by atoms with Crippen LogP contribution in [0, 0.1) is 12.3 Å². The van der Waals surface area contributed by atoms with E-state index in [0.717, 1.165) is 0 Å². The first-order chi connectivity index (χ1) is 7.04. The van der Waals surface area contributed by atoms with Gasteiger partial charge in [0.2, 0.25) is 0 Å². The lowest BCUT2D eigenvalue weighted by Gasteiger charge is -2.18. The molecule has 1 heteroatoms. The minimum atomic E-state index is -0.190. The van der Waals surface area contributed by atoms with Gasteiger partial charge in [0, 0.05) is 18.8 Å². The van der Waals surface area contributed by atoms with Gasteiger partial charge in [-0.3, -0.25) is 0 Å². The summed E-state index contributed by atoms with van der Waals surface area (Å²) in [7, 11) is 2.05. The zero-order valence-electron chi connectivity index (χ0n) is 9.41. The van der Waals surface area contributed by atoms with Crippen molar-refractivity contribution in [3.05, 3.63) is 36.0 Å². The summed E-state index contributed by atoms with van der Waals surface area (Å²) < 4.78 is 2.11. The second-order valence-electron chi connectivity index (χ2n) is 4.47. The highest BCUT2D eigenvalue weighted by Crippen LogP contribution is 2.26. The molecule has 0 saturated heterocycles. The van der Waals surface area contributed by atoms with Crippen molar-refractivity contribution in [2.45, 2.75) is 19.3 Å². The van der Waals surface area contributed by atoms with Crippen molar-refractivity contribution in [3.8, 4) is 12.3 Å². The molecule has 76 valence electrons. The van der Waals surface area contributed by atoms with E-state index in [1.807, 2.05) is 7.05 Å². The van der Waals surface area contributed by atoms with Gasteiger partial charge in [0.25, 0.3) is 0 Å². The van der Waals surface area contributed by atoms with E-state index in [0.29, 0.717) is 0 Å². The quantitative estimate of drug-likeness (QED) is 0.619. The highest BCUT2D eigenvalue weighted by Gasteiger charge is 2.17. The van der Waals surface area contributed by atoms with Crippen LogP contribution < -0.4 is 0 Å². The van der Waals surface area contributed by atoms with Gasteiger partial charge in [-0.1, -0.05) is 12.0 Å². The number of nitrogens with zero attached hydrogens (tertiary/aromatic N) is 1. The Morgan fingerprint density at radius 3 is 2.67 bits per heavy atom. The highest BCUT2D eigenvalue weighted by molar-refractivity contribution is 5.81. The van der Waals surface area contributed by atoms with Gasteiger partial charge in [-0.05, 0) is 43.0 Å². The number of fused-ring (bicyclic) bond motifs is 1. The summed E-state index contributed by atoms with van der Waals surface area (Å²) in [4.78, 5) is 0. The molecule has 1 aromatic heterocycles. The van der Waals surface area contributed by atoms with E-state index in [-0.39, 0.29) is 5.41 Å². The minimum absolute atomic E-state index is 0.190. The van der Waals surface area contributed by atoms with Crippen molar-refractivity contribution in [2.24, 2.45) is 7.05 Å². The molecule has 0 aliphatic rings. The maximum Gasteiger partial charge on any atom is 0.0504 e. The number of aryl methyl sites for hydroxylation is 1. The SMILES string of the molecule is C#CC(C)(C)c1ccc2c(ccn2C)c1. The van der Waals surface area contributed by atoms with Crippen LogP contribution in [0.1, 0.15) is 19.4 Å². The lowest BCUT2D eigenvalue weighted by Crippen LogP contribution is -2.13. The monoisotopic (exact) mass is 197 g/mol. The summed E-state index contributed by atoms with van der Waals surface area (Å²) >= 11 is 0. The Bertz CT molecular complexity index is 538. The Morgan fingerprint density at radius 1 is 1.27 bits per heavy atom. The van der Waals surface area contributed by atoms with Crippen LogP contribution in [0.25, 0.3) is 10.9 Å². The number of hydrogen-bond donors (Lipinski definition) is 0. The van der Waals surface area contributed by atoms with E-state index in [2.05, 4.69) is 54.8 Å². The van der Waals surface area contributed by atoms with Crippen molar-refractivity contribution in [1.82, 2.24) is 4.57 Å². The predicted molar refractivity (Wildman–Crippen MR) is 64.8 cm³/mol. The lowest BCUT2D eigenvalue weighted by molar-refractivity contribution is 0.700. The molecule has 0 fully saturated rings. The van der Waals surface area contributed by atoms with Gasteiger partial charge in [-0.25, -0.2) is 0 Å². The van der Waals surface area contributed by atoms with Gasteiger partial charge >= 0.3 is 0 Å². The third-order valence-corrected chi connectivity index (χ3v) is 2.97.